The van der Waals surface area contributed by atoms with Crippen LogP contribution < -0.4 is 11.4 Å². The second-order valence-electron chi connectivity index (χ2n) is 5.84. The van der Waals surface area contributed by atoms with Gasteiger partial charge in [-0.05, 0) is 31.1 Å². The van der Waals surface area contributed by atoms with E-state index in [-0.39, 0.29) is 18.8 Å². The Morgan fingerprint density at radius 1 is 1.38 bits per heavy atom. The summed E-state index contributed by atoms with van der Waals surface area (Å²) >= 11 is 1.69. The Bertz CT molecular complexity index is 951. The molecule has 0 saturated carbocycles. The number of aromatic nitrogens is 5. The van der Waals surface area contributed by atoms with Gasteiger partial charge in [-0.25, -0.2) is 13.9 Å². The predicted molar refractivity (Wildman–Crippen MR) is 99.7 cm³/mol. The fourth-order valence-electron chi connectivity index (χ4n) is 2.53. The molecular weight excluding hydrogens is 355 g/mol. The van der Waals surface area contributed by atoms with E-state index in [2.05, 4.69) is 22.3 Å². The highest BCUT2D eigenvalue weighted by Gasteiger charge is 2.09. The van der Waals surface area contributed by atoms with Crippen LogP contribution in [0.15, 0.2) is 47.6 Å². The van der Waals surface area contributed by atoms with Crippen LogP contribution in [0.2, 0.25) is 0 Å². The second-order valence-corrected chi connectivity index (χ2v) is 7.01. The zero-order chi connectivity index (χ0) is 18.5. The number of hydrogen-bond donors (Lipinski definition) is 1. The van der Waals surface area contributed by atoms with E-state index in [1.165, 1.54) is 20.5 Å². The fourth-order valence-corrected chi connectivity index (χ4v) is 3.50. The highest BCUT2D eigenvalue weighted by molar-refractivity contribution is 7.15. The first-order valence-corrected chi connectivity index (χ1v) is 9.18. The molecule has 0 unspecified atom stereocenters. The Morgan fingerprint density at radius 2 is 2.23 bits per heavy atom. The Kier molecular flexibility index (Phi) is 5.79. The van der Waals surface area contributed by atoms with Gasteiger partial charge in [-0.3, -0.25) is 9.25 Å². The minimum absolute atomic E-state index is 0.0579. The van der Waals surface area contributed by atoms with E-state index in [0.29, 0.717) is 18.4 Å². The van der Waals surface area contributed by atoms with Crippen molar-refractivity contribution < 1.29 is 4.39 Å². The van der Waals surface area contributed by atoms with E-state index >= 15 is 0 Å². The maximum Gasteiger partial charge on any atom is 0.346 e. The molecule has 0 saturated heterocycles. The van der Waals surface area contributed by atoms with E-state index in [4.69, 9.17) is 5.73 Å². The van der Waals surface area contributed by atoms with Crippen LogP contribution in [0.3, 0.4) is 0 Å². The highest BCUT2D eigenvalue weighted by Crippen LogP contribution is 2.28. The van der Waals surface area contributed by atoms with Gasteiger partial charge in [0.15, 0.2) is 0 Å². The molecule has 0 atom stereocenters. The summed E-state index contributed by atoms with van der Waals surface area (Å²) in [7, 11) is 0. The quantitative estimate of drug-likeness (QED) is 0.652. The molecule has 3 aromatic rings. The van der Waals surface area contributed by atoms with E-state index in [1.807, 2.05) is 24.0 Å². The summed E-state index contributed by atoms with van der Waals surface area (Å²) in [4.78, 5) is 14.6. The van der Waals surface area contributed by atoms with E-state index in [1.54, 1.807) is 11.3 Å². The first-order valence-electron chi connectivity index (χ1n) is 8.36. The number of nitrogens with zero attached hydrogens (tertiary/aromatic N) is 5. The lowest BCUT2D eigenvalue weighted by atomic mass is 10.3. The molecule has 3 heterocycles. The molecule has 9 heteroatoms. The van der Waals surface area contributed by atoms with Gasteiger partial charge in [-0.1, -0.05) is 0 Å². The lowest BCUT2D eigenvalue weighted by Crippen LogP contribution is -2.27. The van der Waals surface area contributed by atoms with Crippen molar-refractivity contribution in [3.05, 3.63) is 58.1 Å². The summed E-state index contributed by atoms with van der Waals surface area (Å²) in [5.41, 5.74) is 6.58. The summed E-state index contributed by atoms with van der Waals surface area (Å²) in [6.45, 7) is 3.54. The predicted octanol–water partition coefficient (Wildman–Crippen LogP) is 2.04. The van der Waals surface area contributed by atoms with Gasteiger partial charge in [0.05, 0.1) is 19.1 Å². The average Bonchev–Trinajstić information content (AvgIpc) is 3.38. The third kappa shape index (κ3) is 4.00. The lowest BCUT2D eigenvalue weighted by molar-refractivity contribution is 0.594. The van der Waals surface area contributed by atoms with Crippen LogP contribution in [-0.2, 0) is 26.1 Å². The molecule has 0 bridgehead atoms. The third-order valence-corrected chi connectivity index (χ3v) is 5.26. The van der Waals surface area contributed by atoms with Gasteiger partial charge in [0.1, 0.15) is 6.33 Å². The molecule has 0 aliphatic heterocycles. The fraction of sp³-hybridized carbons (Fsp3) is 0.353. The average molecular weight is 376 g/mol. The number of hydrogen-bond acceptors (Lipinski definition) is 5. The Hall–Kier alpha value is -2.52. The molecule has 0 aromatic carbocycles. The number of thiophene rings is 1. The van der Waals surface area contributed by atoms with Crippen molar-refractivity contribution in [2.45, 2.75) is 33.0 Å². The molecule has 3 aromatic heterocycles. The first-order chi connectivity index (χ1) is 12.6. The smallest absolute Gasteiger partial charge is 0.327 e. The second kappa shape index (κ2) is 8.24. The van der Waals surface area contributed by atoms with Crippen LogP contribution in [0.4, 0.5) is 4.39 Å². The van der Waals surface area contributed by atoms with E-state index < -0.39 is 0 Å². The number of nitrogens with two attached hydrogens (primary N) is 1. The molecule has 0 spiro atoms. The summed E-state index contributed by atoms with van der Waals surface area (Å²) in [5, 5.41) is 8.32. The Balaban J connectivity index is 1.65. The van der Waals surface area contributed by atoms with Crippen LogP contribution in [0.1, 0.15) is 11.8 Å². The number of aryl methyl sites for hydroxylation is 3. The maximum atomic E-state index is 12.6. The SMILES string of the molecule is CCn1cc(-c2ccc(CCn3cnn(C/C(=C/F)CN)c3=O)s2)cn1. The molecule has 26 heavy (non-hydrogen) atoms. The van der Waals surface area contributed by atoms with Crippen molar-refractivity contribution in [3.8, 4) is 10.4 Å². The molecule has 0 amide bonds. The van der Waals surface area contributed by atoms with Crippen molar-refractivity contribution in [3.63, 3.8) is 0 Å². The zero-order valence-electron chi connectivity index (χ0n) is 14.5. The van der Waals surface area contributed by atoms with Crippen molar-refractivity contribution in [1.29, 1.82) is 0 Å². The van der Waals surface area contributed by atoms with Gasteiger partial charge < -0.3 is 5.73 Å². The highest BCUT2D eigenvalue weighted by atomic mass is 32.1. The van der Waals surface area contributed by atoms with Crippen LogP contribution in [0.25, 0.3) is 10.4 Å². The monoisotopic (exact) mass is 376 g/mol. The number of rotatable bonds is 8. The molecule has 0 aliphatic rings. The minimum atomic E-state index is -0.265. The molecule has 138 valence electrons. The summed E-state index contributed by atoms with van der Waals surface area (Å²) < 4.78 is 17.3. The van der Waals surface area contributed by atoms with Crippen LogP contribution in [-0.4, -0.2) is 30.7 Å². The first kappa shape index (κ1) is 18.3. The van der Waals surface area contributed by atoms with Crippen molar-refractivity contribution in [2.24, 2.45) is 5.73 Å². The van der Waals surface area contributed by atoms with Gasteiger partial charge in [0.2, 0.25) is 0 Å². The topological polar surface area (TPSA) is 83.7 Å². The summed E-state index contributed by atoms with van der Waals surface area (Å²) in [6, 6.07) is 4.14. The molecule has 0 radical (unpaired) electrons. The van der Waals surface area contributed by atoms with Gasteiger partial charge in [0.25, 0.3) is 0 Å². The lowest BCUT2D eigenvalue weighted by Gasteiger charge is -2.01. The molecule has 7 nitrogen and oxygen atoms in total. The van der Waals surface area contributed by atoms with Crippen molar-refractivity contribution in [1.82, 2.24) is 24.1 Å². The summed E-state index contributed by atoms with van der Waals surface area (Å²) in [5.74, 6) is 0. The maximum absolute atomic E-state index is 12.6. The molecular formula is C17H21FN6OS. The van der Waals surface area contributed by atoms with Crippen LogP contribution in [0, 0.1) is 0 Å². The van der Waals surface area contributed by atoms with Gasteiger partial charge in [-0.2, -0.15) is 10.2 Å². The van der Waals surface area contributed by atoms with Gasteiger partial charge in [0, 0.05) is 41.1 Å². The van der Waals surface area contributed by atoms with E-state index in [9.17, 15) is 9.18 Å². The van der Waals surface area contributed by atoms with Crippen molar-refractivity contribution >= 4 is 11.3 Å². The molecule has 3 rings (SSSR count). The summed E-state index contributed by atoms with van der Waals surface area (Å²) in [6.07, 6.45) is 6.52. The zero-order valence-corrected chi connectivity index (χ0v) is 15.3. The number of halogens is 1. The minimum Gasteiger partial charge on any atom is -0.327 e. The van der Waals surface area contributed by atoms with Gasteiger partial charge >= 0.3 is 5.69 Å². The third-order valence-electron chi connectivity index (χ3n) is 4.07. The Morgan fingerprint density at radius 3 is 2.92 bits per heavy atom. The largest absolute Gasteiger partial charge is 0.346 e. The molecule has 0 fully saturated rings. The van der Waals surface area contributed by atoms with Crippen molar-refractivity contribution in [2.75, 3.05) is 6.54 Å². The van der Waals surface area contributed by atoms with Gasteiger partial charge in [-0.15, -0.1) is 11.3 Å². The normalized spacial score (nSPS) is 12.0. The molecule has 2 N–H and O–H groups in total. The van der Waals surface area contributed by atoms with Crippen LogP contribution >= 0.6 is 11.3 Å². The molecule has 0 aliphatic carbocycles. The van der Waals surface area contributed by atoms with Crippen LogP contribution in [0.5, 0.6) is 0 Å². The standard InChI is InChI=1S/C17H21FN6OS/c1-2-23-11-14(9-20-23)16-4-3-15(26-16)5-6-22-12-21-24(17(22)25)10-13(7-18)8-19/h3-4,7,9,11-12H,2,5-6,8,10,19H2,1H3/b13-7+. The Labute approximate surface area is 154 Å². The van der Waals surface area contributed by atoms with E-state index in [0.717, 1.165) is 23.4 Å².